The number of hydrogen-bond acceptors (Lipinski definition) is 5. The van der Waals surface area contributed by atoms with Gasteiger partial charge in [-0.05, 0) is 24.3 Å². The quantitative estimate of drug-likeness (QED) is 0.379. The third-order valence-electron chi connectivity index (χ3n) is 4.26. The Hall–Kier alpha value is -3.93. The van der Waals surface area contributed by atoms with E-state index in [0.717, 1.165) is 33.7 Å². The Bertz CT molecular complexity index is 1220. The number of aromatic nitrogens is 3. The van der Waals surface area contributed by atoms with Crippen LogP contribution in [0, 0.1) is 0 Å². The number of pyridine rings is 1. The summed E-state index contributed by atoms with van der Waals surface area (Å²) < 4.78 is 7.63. The van der Waals surface area contributed by atoms with Gasteiger partial charge in [0.15, 0.2) is 5.58 Å². The van der Waals surface area contributed by atoms with E-state index < -0.39 is 0 Å². The van der Waals surface area contributed by atoms with E-state index in [1.54, 1.807) is 6.21 Å². The smallest absolute Gasteiger partial charge is 0.316 e. The lowest BCUT2D eigenvalue weighted by Gasteiger charge is -2.00. The molecule has 0 fully saturated rings. The third-order valence-corrected chi connectivity index (χ3v) is 4.26. The molecule has 0 atom stereocenters. The van der Waals surface area contributed by atoms with Gasteiger partial charge in [0, 0.05) is 11.8 Å². The Kier molecular flexibility index (Phi) is 3.65. The van der Waals surface area contributed by atoms with E-state index >= 15 is 0 Å². The highest BCUT2D eigenvalue weighted by molar-refractivity contribution is 5.89. The SMILES string of the molecule is C(=N\Nc1nc2ccccc2o1)/c1c(-c2ccccc2)nc2ccccn12. The summed E-state index contributed by atoms with van der Waals surface area (Å²) in [6.07, 6.45) is 3.70. The van der Waals surface area contributed by atoms with Crippen molar-refractivity contribution in [3.63, 3.8) is 0 Å². The molecule has 0 aliphatic rings. The number of para-hydroxylation sites is 2. The maximum absolute atomic E-state index is 5.63. The number of rotatable bonds is 4. The molecule has 0 aliphatic heterocycles. The summed E-state index contributed by atoms with van der Waals surface area (Å²) in [7, 11) is 0. The maximum Gasteiger partial charge on any atom is 0.316 e. The van der Waals surface area contributed by atoms with Crippen LogP contribution in [0.5, 0.6) is 0 Å². The number of imidazole rings is 1. The van der Waals surface area contributed by atoms with Crippen molar-refractivity contribution in [2.45, 2.75) is 0 Å². The Labute approximate surface area is 154 Å². The van der Waals surface area contributed by atoms with Crippen molar-refractivity contribution in [2.24, 2.45) is 5.10 Å². The molecule has 0 saturated heterocycles. The van der Waals surface area contributed by atoms with E-state index in [2.05, 4.69) is 15.5 Å². The van der Waals surface area contributed by atoms with Gasteiger partial charge in [-0.3, -0.25) is 4.40 Å². The molecule has 130 valence electrons. The number of oxazole rings is 1. The van der Waals surface area contributed by atoms with Gasteiger partial charge in [0.25, 0.3) is 0 Å². The van der Waals surface area contributed by atoms with E-state index in [1.807, 2.05) is 83.4 Å². The molecule has 0 radical (unpaired) electrons. The van der Waals surface area contributed by atoms with Crippen molar-refractivity contribution in [3.8, 4) is 11.3 Å². The fraction of sp³-hybridized carbons (Fsp3) is 0. The lowest BCUT2D eigenvalue weighted by atomic mass is 10.1. The second kappa shape index (κ2) is 6.42. The molecule has 0 saturated carbocycles. The molecule has 0 amide bonds. The first-order chi connectivity index (χ1) is 13.4. The minimum Gasteiger partial charge on any atom is -0.422 e. The highest BCUT2D eigenvalue weighted by Gasteiger charge is 2.12. The van der Waals surface area contributed by atoms with E-state index in [-0.39, 0.29) is 0 Å². The van der Waals surface area contributed by atoms with Gasteiger partial charge >= 0.3 is 6.01 Å². The van der Waals surface area contributed by atoms with Crippen molar-refractivity contribution >= 4 is 29.0 Å². The Morgan fingerprint density at radius 2 is 1.70 bits per heavy atom. The summed E-state index contributed by atoms with van der Waals surface area (Å²) in [4.78, 5) is 9.11. The number of hydrogen-bond donors (Lipinski definition) is 1. The van der Waals surface area contributed by atoms with Gasteiger partial charge in [0.05, 0.1) is 17.6 Å². The highest BCUT2D eigenvalue weighted by Crippen LogP contribution is 2.23. The zero-order valence-electron chi connectivity index (χ0n) is 14.3. The molecule has 6 heteroatoms. The first-order valence-corrected chi connectivity index (χ1v) is 8.56. The van der Waals surface area contributed by atoms with Gasteiger partial charge < -0.3 is 4.42 Å². The van der Waals surface area contributed by atoms with Gasteiger partial charge in [-0.15, -0.1) is 0 Å². The standard InChI is InChI=1S/C21H15N5O/c1-2-8-15(9-3-1)20-17(26-13-7-6-12-19(26)24-20)14-22-25-21-23-16-10-4-5-11-18(16)27-21/h1-14H,(H,23,25)/b22-14+. The molecule has 5 aromatic rings. The zero-order chi connectivity index (χ0) is 18.1. The number of benzene rings is 2. The van der Waals surface area contributed by atoms with Crippen LogP contribution in [0.1, 0.15) is 5.69 Å². The first-order valence-electron chi connectivity index (χ1n) is 8.56. The molecule has 5 rings (SSSR count). The number of anilines is 1. The van der Waals surface area contributed by atoms with Crippen molar-refractivity contribution in [1.82, 2.24) is 14.4 Å². The van der Waals surface area contributed by atoms with Crippen LogP contribution in [0.4, 0.5) is 6.01 Å². The molecule has 3 heterocycles. The van der Waals surface area contributed by atoms with Crippen LogP contribution in [0.3, 0.4) is 0 Å². The van der Waals surface area contributed by atoms with Crippen LogP contribution in [-0.2, 0) is 0 Å². The largest absolute Gasteiger partial charge is 0.422 e. The molecular weight excluding hydrogens is 338 g/mol. The average molecular weight is 353 g/mol. The summed E-state index contributed by atoms with van der Waals surface area (Å²) in [5, 5.41) is 4.32. The molecule has 27 heavy (non-hydrogen) atoms. The number of fused-ring (bicyclic) bond motifs is 2. The van der Waals surface area contributed by atoms with E-state index in [4.69, 9.17) is 9.40 Å². The molecular formula is C21H15N5O. The van der Waals surface area contributed by atoms with Crippen molar-refractivity contribution in [1.29, 1.82) is 0 Å². The monoisotopic (exact) mass is 353 g/mol. The molecule has 3 aromatic heterocycles. The fourth-order valence-corrected chi connectivity index (χ4v) is 3.02. The minimum absolute atomic E-state index is 0.350. The van der Waals surface area contributed by atoms with Crippen LogP contribution in [-0.4, -0.2) is 20.6 Å². The predicted octanol–water partition coefficient (Wildman–Crippen LogP) is 4.59. The molecule has 2 aromatic carbocycles. The topological polar surface area (TPSA) is 67.7 Å². The second-order valence-electron chi connectivity index (χ2n) is 6.00. The molecule has 0 unspecified atom stereocenters. The van der Waals surface area contributed by atoms with Gasteiger partial charge in [-0.2, -0.15) is 10.1 Å². The summed E-state index contributed by atoms with van der Waals surface area (Å²) in [6, 6.07) is 23.9. The predicted molar refractivity (Wildman–Crippen MR) is 106 cm³/mol. The van der Waals surface area contributed by atoms with Gasteiger partial charge in [-0.1, -0.05) is 48.5 Å². The highest BCUT2D eigenvalue weighted by atomic mass is 16.4. The number of nitrogens with one attached hydrogen (secondary N) is 1. The van der Waals surface area contributed by atoms with Gasteiger partial charge in [-0.25, -0.2) is 10.4 Å². The third kappa shape index (κ3) is 2.83. The minimum atomic E-state index is 0.350. The Morgan fingerprint density at radius 3 is 2.59 bits per heavy atom. The van der Waals surface area contributed by atoms with E-state index in [9.17, 15) is 0 Å². The van der Waals surface area contributed by atoms with Crippen molar-refractivity contribution in [3.05, 3.63) is 84.7 Å². The van der Waals surface area contributed by atoms with Crippen LogP contribution in [0.15, 0.2) is 88.5 Å². The summed E-state index contributed by atoms with van der Waals surface area (Å²) in [5.41, 5.74) is 8.00. The second-order valence-corrected chi connectivity index (χ2v) is 6.00. The van der Waals surface area contributed by atoms with Crippen molar-refractivity contribution < 1.29 is 4.42 Å². The van der Waals surface area contributed by atoms with E-state index in [1.165, 1.54) is 0 Å². The molecule has 6 nitrogen and oxygen atoms in total. The molecule has 0 bridgehead atoms. The van der Waals surface area contributed by atoms with Crippen LogP contribution in [0.2, 0.25) is 0 Å². The van der Waals surface area contributed by atoms with Gasteiger partial charge in [0.2, 0.25) is 0 Å². The fourth-order valence-electron chi connectivity index (χ4n) is 3.02. The number of nitrogens with zero attached hydrogens (tertiary/aromatic N) is 4. The van der Waals surface area contributed by atoms with Crippen molar-refractivity contribution in [2.75, 3.05) is 5.43 Å². The Balaban J connectivity index is 1.52. The number of hydrazone groups is 1. The lowest BCUT2D eigenvalue weighted by molar-refractivity contribution is 0.617. The average Bonchev–Trinajstić information content (AvgIpc) is 3.30. The van der Waals surface area contributed by atoms with E-state index in [0.29, 0.717) is 6.01 Å². The normalized spacial score (nSPS) is 11.6. The van der Waals surface area contributed by atoms with Crippen LogP contribution < -0.4 is 5.43 Å². The first kappa shape index (κ1) is 15.3. The zero-order valence-corrected chi connectivity index (χ0v) is 14.3. The summed E-state index contributed by atoms with van der Waals surface area (Å²) in [6.45, 7) is 0. The molecule has 0 spiro atoms. The molecule has 0 aliphatic carbocycles. The molecule has 1 N–H and O–H groups in total. The summed E-state index contributed by atoms with van der Waals surface area (Å²) >= 11 is 0. The maximum atomic E-state index is 5.63. The van der Waals surface area contributed by atoms with Crippen LogP contribution in [0.25, 0.3) is 28.0 Å². The Morgan fingerprint density at radius 1 is 0.889 bits per heavy atom. The lowest BCUT2D eigenvalue weighted by Crippen LogP contribution is -1.96. The van der Waals surface area contributed by atoms with Crippen LogP contribution >= 0.6 is 0 Å². The van der Waals surface area contributed by atoms with Gasteiger partial charge in [0.1, 0.15) is 11.2 Å². The summed E-state index contributed by atoms with van der Waals surface area (Å²) in [5.74, 6) is 0.